The molecule has 0 bridgehead atoms. The summed E-state index contributed by atoms with van der Waals surface area (Å²) in [5.41, 5.74) is -1.21. The van der Waals surface area contributed by atoms with Gasteiger partial charge in [-0.2, -0.15) is 13.2 Å². The largest absolute Gasteiger partial charge is 0.417 e. The fourth-order valence-electron chi connectivity index (χ4n) is 1.29. The van der Waals surface area contributed by atoms with Crippen molar-refractivity contribution >= 4 is 22.7 Å². The van der Waals surface area contributed by atoms with Crippen LogP contribution in [0, 0.1) is 0 Å². The Morgan fingerprint density at radius 2 is 1.94 bits per heavy atom. The molecule has 3 nitrogen and oxygen atoms in total. The topological polar surface area (TPSA) is 46.2 Å². The summed E-state index contributed by atoms with van der Waals surface area (Å²) in [5.74, 6) is 0. The van der Waals surface area contributed by atoms with E-state index in [0.29, 0.717) is 12.5 Å². The van der Waals surface area contributed by atoms with Crippen LogP contribution in [0.5, 0.6) is 0 Å². The van der Waals surface area contributed by atoms with Gasteiger partial charge in [0.05, 0.1) is 10.5 Å². The maximum absolute atomic E-state index is 12.8. The van der Waals surface area contributed by atoms with Crippen LogP contribution in [0.25, 0.3) is 0 Å². The molecule has 0 saturated heterocycles. The van der Waals surface area contributed by atoms with E-state index in [9.17, 15) is 21.6 Å². The van der Waals surface area contributed by atoms with Crippen LogP contribution in [0.15, 0.2) is 28.0 Å². The molecule has 0 unspecified atom stereocenters. The second-order valence-electron chi connectivity index (χ2n) is 3.58. The average molecular weight is 299 g/mol. The van der Waals surface area contributed by atoms with E-state index in [1.54, 1.807) is 6.92 Å². The molecule has 1 aromatic rings. The Bertz CT molecular complexity index is 526. The highest BCUT2D eigenvalue weighted by Crippen LogP contribution is 2.35. The molecular weight excluding hydrogens is 287 g/mol. The molecular formula is C10H12F3NO2S2. The molecule has 102 valence electrons. The van der Waals surface area contributed by atoms with Gasteiger partial charge in [0.2, 0.25) is 10.0 Å². The summed E-state index contributed by atoms with van der Waals surface area (Å²) in [6.45, 7) is 1.80. The van der Waals surface area contributed by atoms with E-state index >= 15 is 0 Å². The molecule has 0 aliphatic rings. The van der Waals surface area contributed by atoms with Crippen LogP contribution in [0.3, 0.4) is 0 Å². The summed E-state index contributed by atoms with van der Waals surface area (Å²) in [4.78, 5) is -0.724. The smallest absolute Gasteiger partial charge is 0.211 e. The number of benzene rings is 1. The Labute approximate surface area is 109 Å². The zero-order valence-electron chi connectivity index (χ0n) is 9.45. The van der Waals surface area contributed by atoms with Crippen molar-refractivity contribution in [1.82, 2.24) is 4.72 Å². The maximum Gasteiger partial charge on any atom is 0.417 e. The summed E-state index contributed by atoms with van der Waals surface area (Å²) in [6.07, 6.45) is -4.25. The van der Waals surface area contributed by atoms with Crippen LogP contribution < -0.4 is 4.72 Å². The van der Waals surface area contributed by atoms with Gasteiger partial charge in [0, 0.05) is 11.4 Å². The molecule has 8 heteroatoms. The summed E-state index contributed by atoms with van der Waals surface area (Å²) in [5, 5.41) is 0. The van der Waals surface area contributed by atoms with Crippen molar-refractivity contribution in [3.8, 4) is 0 Å². The van der Waals surface area contributed by atoms with Crippen LogP contribution in [-0.4, -0.2) is 15.0 Å². The van der Waals surface area contributed by atoms with E-state index in [2.05, 4.69) is 17.4 Å². The van der Waals surface area contributed by atoms with E-state index in [0.717, 1.165) is 6.07 Å². The third kappa shape index (κ3) is 3.63. The number of thiol groups is 1. The molecule has 1 rings (SSSR count). The van der Waals surface area contributed by atoms with Crippen molar-refractivity contribution in [2.45, 2.75) is 29.3 Å². The lowest BCUT2D eigenvalue weighted by atomic mass is 10.2. The van der Waals surface area contributed by atoms with Gasteiger partial charge in [-0.3, -0.25) is 0 Å². The Hall–Kier alpha value is -0.730. The Balaban J connectivity index is 3.33. The zero-order chi connectivity index (χ0) is 14.0. The molecule has 18 heavy (non-hydrogen) atoms. The minimum Gasteiger partial charge on any atom is -0.211 e. The molecule has 0 aromatic heterocycles. The molecule has 1 aromatic carbocycles. The van der Waals surface area contributed by atoms with Crippen LogP contribution in [0.1, 0.15) is 18.9 Å². The number of alkyl halides is 3. The fraction of sp³-hybridized carbons (Fsp3) is 0.400. The van der Waals surface area contributed by atoms with E-state index in [-0.39, 0.29) is 11.4 Å². The lowest BCUT2D eigenvalue weighted by Gasteiger charge is -2.14. The highest BCUT2D eigenvalue weighted by molar-refractivity contribution is 7.89. The lowest BCUT2D eigenvalue weighted by molar-refractivity contribution is -0.140. The number of nitrogens with one attached hydrogen (secondary N) is 1. The fourth-order valence-corrected chi connectivity index (χ4v) is 2.83. The maximum atomic E-state index is 12.8. The molecule has 0 heterocycles. The Morgan fingerprint density at radius 1 is 1.33 bits per heavy atom. The first kappa shape index (κ1) is 15.3. The molecule has 0 saturated carbocycles. The van der Waals surface area contributed by atoms with Crippen molar-refractivity contribution < 1.29 is 21.6 Å². The molecule has 0 aliphatic carbocycles. The van der Waals surface area contributed by atoms with Gasteiger partial charge < -0.3 is 0 Å². The van der Waals surface area contributed by atoms with E-state index in [1.165, 1.54) is 6.07 Å². The monoisotopic (exact) mass is 299 g/mol. The zero-order valence-corrected chi connectivity index (χ0v) is 11.2. The van der Waals surface area contributed by atoms with Crippen molar-refractivity contribution in [3.63, 3.8) is 0 Å². The lowest BCUT2D eigenvalue weighted by Crippen LogP contribution is -2.27. The number of hydrogen-bond acceptors (Lipinski definition) is 3. The first-order valence-corrected chi connectivity index (χ1v) is 7.01. The highest BCUT2D eigenvalue weighted by Gasteiger charge is 2.37. The van der Waals surface area contributed by atoms with Crippen molar-refractivity contribution in [2.75, 3.05) is 6.54 Å². The predicted octanol–water partition coefficient (Wildman–Crippen LogP) is 2.68. The van der Waals surface area contributed by atoms with E-state index in [4.69, 9.17) is 0 Å². The minimum absolute atomic E-state index is 0.0526. The molecule has 0 radical (unpaired) electrons. The van der Waals surface area contributed by atoms with Crippen LogP contribution in [-0.2, 0) is 16.2 Å². The second kappa shape index (κ2) is 5.50. The standard InChI is InChI=1S/C10H12F3NO2S2/c1-2-5-14-18(15,16)9-4-3-7(17)6-8(9)10(11,12)13/h3-4,6,14,17H,2,5H2,1H3. The van der Waals surface area contributed by atoms with E-state index < -0.39 is 26.7 Å². The summed E-state index contributed by atoms with van der Waals surface area (Å²) in [7, 11) is -4.16. The van der Waals surface area contributed by atoms with Gasteiger partial charge in [0.15, 0.2) is 0 Å². The Kier molecular flexibility index (Phi) is 4.68. The van der Waals surface area contributed by atoms with Gasteiger partial charge in [-0.15, -0.1) is 12.6 Å². The van der Waals surface area contributed by atoms with Gasteiger partial charge in [0.25, 0.3) is 0 Å². The highest BCUT2D eigenvalue weighted by atomic mass is 32.2. The average Bonchev–Trinajstić information content (AvgIpc) is 2.25. The van der Waals surface area contributed by atoms with Crippen molar-refractivity contribution in [2.24, 2.45) is 0 Å². The van der Waals surface area contributed by atoms with E-state index in [1.807, 2.05) is 0 Å². The molecule has 0 fully saturated rings. The summed E-state index contributed by atoms with van der Waals surface area (Å²) >= 11 is 3.78. The molecule has 0 amide bonds. The molecule has 1 N–H and O–H groups in total. The van der Waals surface area contributed by atoms with Crippen molar-refractivity contribution in [3.05, 3.63) is 23.8 Å². The van der Waals surface area contributed by atoms with Gasteiger partial charge in [-0.05, 0) is 24.6 Å². The normalized spacial score (nSPS) is 12.7. The summed E-state index contributed by atoms with van der Waals surface area (Å²) < 4.78 is 63.8. The number of halogens is 3. The van der Waals surface area contributed by atoms with Gasteiger partial charge in [0.1, 0.15) is 0 Å². The SMILES string of the molecule is CCCNS(=O)(=O)c1ccc(S)cc1C(F)(F)F. The van der Waals surface area contributed by atoms with Crippen molar-refractivity contribution in [1.29, 1.82) is 0 Å². The first-order valence-electron chi connectivity index (χ1n) is 5.08. The third-order valence-electron chi connectivity index (χ3n) is 2.10. The van der Waals surface area contributed by atoms with Gasteiger partial charge in [-0.25, -0.2) is 13.1 Å². The van der Waals surface area contributed by atoms with Crippen LogP contribution in [0.2, 0.25) is 0 Å². The quantitative estimate of drug-likeness (QED) is 0.840. The van der Waals surface area contributed by atoms with Gasteiger partial charge >= 0.3 is 6.18 Å². The third-order valence-corrected chi connectivity index (χ3v) is 3.90. The second-order valence-corrected chi connectivity index (χ2v) is 5.83. The number of hydrogen-bond donors (Lipinski definition) is 2. The Morgan fingerprint density at radius 3 is 2.44 bits per heavy atom. The number of rotatable bonds is 4. The minimum atomic E-state index is -4.74. The molecule has 0 spiro atoms. The summed E-state index contributed by atoms with van der Waals surface area (Å²) in [6, 6.07) is 2.81. The predicted molar refractivity (Wildman–Crippen MR) is 64.2 cm³/mol. The number of sulfonamides is 1. The van der Waals surface area contributed by atoms with Crippen LogP contribution >= 0.6 is 12.6 Å². The first-order chi connectivity index (χ1) is 8.18. The molecule has 0 atom stereocenters. The molecule has 0 aliphatic heterocycles. The van der Waals surface area contributed by atoms with Gasteiger partial charge in [-0.1, -0.05) is 6.92 Å². The van der Waals surface area contributed by atoms with Crippen LogP contribution in [0.4, 0.5) is 13.2 Å².